The second-order valence-electron chi connectivity index (χ2n) is 7.74. The Labute approximate surface area is 190 Å². The Morgan fingerprint density at radius 1 is 1.09 bits per heavy atom. The van der Waals surface area contributed by atoms with E-state index in [9.17, 15) is 9.59 Å². The first kappa shape index (κ1) is 22.1. The van der Waals surface area contributed by atoms with Crippen molar-refractivity contribution in [3.63, 3.8) is 0 Å². The molecule has 2 N–H and O–H groups in total. The van der Waals surface area contributed by atoms with Crippen LogP contribution in [0, 0.1) is 0 Å². The highest BCUT2D eigenvalue weighted by Crippen LogP contribution is 2.29. The van der Waals surface area contributed by atoms with Gasteiger partial charge in [-0.1, -0.05) is 61.9 Å². The van der Waals surface area contributed by atoms with Crippen LogP contribution in [0.5, 0.6) is 0 Å². The fourth-order valence-electron chi connectivity index (χ4n) is 3.72. The minimum atomic E-state index is -1.00. The van der Waals surface area contributed by atoms with E-state index in [1.807, 2.05) is 48.5 Å². The highest BCUT2D eigenvalue weighted by atomic mass is 16.4. The maximum atomic E-state index is 12.8. The Bertz CT molecular complexity index is 1300. The van der Waals surface area contributed by atoms with Gasteiger partial charge in [-0.05, 0) is 28.3 Å². The summed E-state index contributed by atoms with van der Waals surface area (Å²) in [4.78, 5) is 28.3. The molecule has 9 heteroatoms. The number of aliphatic carboxylic acids is 1. The third-order valence-corrected chi connectivity index (χ3v) is 5.35. The van der Waals surface area contributed by atoms with Crippen molar-refractivity contribution in [1.82, 2.24) is 30.2 Å². The summed E-state index contributed by atoms with van der Waals surface area (Å²) in [6.45, 7) is 2.43. The number of tetrazole rings is 1. The van der Waals surface area contributed by atoms with Gasteiger partial charge in [0.05, 0.1) is 18.7 Å². The van der Waals surface area contributed by atoms with E-state index in [0.29, 0.717) is 30.3 Å². The van der Waals surface area contributed by atoms with E-state index >= 15 is 0 Å². The maximum absolute atomic E-state index is 12.8. The second kappa shape index (κ2) is 9.99. The van der Waals surface area contributed by atoms with Crippen LogP contribution < -0.4 is 5.56 Å². The summed E-state index contributed by atoms with van der Waals surface area (Å²) in [7, 11) is 0. The zero-order valence-electron chi connectivity index (χ0n) is 18.2. The van der Waals surface area contributed by atoms with Gasteiger partial charge in [-0.25, -0.2) is 4.98 Å². The first-order chi connectivity index (χ1) is 16.0. The van der Waals surface area contributed by atoms with Crippen LogP contribution in [0.25, 0.3) is 22.5 Å². The summed E-state index contributed by atoms with van der Waals surface area (Å²) in [5.74, 6) is 0.138. The molecule has 0 bridgehead atoms. The fourth-order valence-corrected chi connectivity index (χ4v) is 3.72. The van der Waals surface area contributed by atoms with Gasteiger partial charge in [-0.3, -0.25) is 14.2 Å². The summed E-state index contributed by atoms with van der Waals surface area (Å²) in [5.41, 5.74) is 3.85. The molecule has 0 radical (unpaired) electrons. The molecule has 2 heterocycles. The van der Waals surface area contributed by atoms with Crippen molar-refractivity contribution >= 4 is 5.97 Å². The number of hydrogen-bond donors (Lipinski definition) is 2. The lowest BCUT2D eigenvalue weighted by Gasteiger charge is -2.14. The van der Waals surface area contributed by atoms with Gasteiger partial charge in [0.15, 0.2) is 0 Å². The average molecular weight is 444 g/mol. The summed E-state index contributed by atoms with van der Waals surface area (Å²) in [6, 6.07) is 17.1. The third-order valence-electron chi connectivity index (χ3n) is 5.35. The first-order valence-corrected chi connectivity index (χ1v) is 10.8. The SMILES string of the molecule is CCCCc1nc(CC(=O)O)cc(=O)n1Cc1ccc(-c2ccccc2-c2nn[nH]n2)cc1. The quantitative estimate of drug-likeness (QED) is 0.406. The van der Waals surface area contributed by atoms with Gasteiger partial charge in [-0.15, -0.1) is 10.2 Å². The lowest BCUT2D eigenvalue weighted by molar-refractivity contribution is -0.136. The number of aryl methyl sites for hydroxylation is 1. The monoisotopic (exact) mass is 444 g/mol. The van der Waals surface area contributed by atoms with Crippen molar-refractivity contribution in [3.8, 4) is 22.5 Å². The number of carbonyl (C=O) groups is 1. The Kier molecular flexibility index (Phi) is 6.68. The zero-order valence-corrected chi connectivity index (χ0v) is 18.2. The standard InChI is InChI=1S/C24H24N6O3/c1-2-3-8-21-25-18(14-23(32)33)13-22(31)30(21)15-16-9-11-17(12-10-16)19-6-4-5-7-20(19)24-26-28-29-27-24/h4-7,9-13H,2-3,8,14-15H2,1H3,(H,32,33)(H,26,27,28,29). The molecule has 0 spiro atoms. The Morgan fingerprint density at radius 2 is 1.85 bits per heavy atom. The van der Waals surface area contributed by atoms with Gasteiger partial charge in [0.1, 0.15) is 5.82 Å². The molecule has 0 fully saturated rings. The minimum absolute atomic E-state index is 0.237. The Balaban J connectivity index is 1.63. The van der Waals surface area contributed by atoms with E-state index in [0.717, 1.165) is 35.1 Å². The van der Waals surface area contributed by atoms with Crippen LogP contribution in [0.1, 0.15) is 36.8 Å². The molecular formula is C24H24N6O3. The Morgan fingerprint density at radius 3 is 2.52 bits per heavy atom. The van der Waals surface area contributed by atoms with Crippen LogP contribution >= 0.6 is 0 Å². The van der Waals surface area contributed by atoms with Crippen LogP contribution in [0.4, 0.5) is 0 Å². The molecule has 33 heavy (non-hydrogen) atoms. The molecule has 0 aliphatic carbocycles. The van der Waals surface area contributed by atoms with Gasteiger partial charge in [0.25, 0.3) is 5.56 Å². The van der Waals surface area contributed by atoms with Crippen molar-refractivity contribution < 1.29 is 9.90 Å². The molecule has 2 aromatic heterocycles. The second-order valence-corrected chi connectivity index (χ2v) is 7.74. The van der Waals surface area contributed by atoms with Crippen LogP contribution in [0.2, 0.25) is 0 Å². The van der Waals surface area contributed by atoms with Gasteiger partial charge >= 0.3 is 5.97 Å². The van der Waals surface area contributed by atoms with Crippen molar-refractivity contribution in [2.75, 3.05) is 0 Å². The molecule has 0 amide bonds. The largest absolute Gasteiger partial charge is 0.481 e. The third kappa shape index (κ3) is 5.20. The summed E-state index contributed by atoms with van der Waals surface area (Å²) >= 11 is 0. The normalized spacial score (nSPS) is 10.9. The average Bonchev–Trinajstić information content (AvgIpc) is 3.34. The van der Waals surface area contributed by atoms with Gasteiger partial charge in [-0.2, -0.15) is 5.21 Å². The van der Waals surface area contributed by atoms with Gasteiger partial charge in [0, 0.05) is 18.1 Å². The van der Waals surface area contributed by atoms with E-state index < -0.39 is 5.97 Å². The molecule has 0 saturated carbocycles. The summed E-state index contributed by atoms with van der Waals surface area (Å²) in [6.07, 6.45) is 2.18. The highest BCUT2D eigenvalue weighted by molar-refractivity contribution is 5.80. The van der Waals surface area contributed by atoms with Crippen LogP contribution in [-0.2, 0) is 24.2 Å². The smallest absolute Gasteiger partial charge is 0.309 e. The number of hydrogen-bond acceptors (Lipinski definition) is 6. The van der Waals surface area contributed by atoms with E-state index in [-0.39, 0.29) is 12.0 Å². The summed E-state index contributed by atoms with van der Waals surface area (Å²) in [5, 5.41) is 23.4. The number of carboxylic acid groups (broad SMARTS) is 1. The van der Waals surface area contributed by atoms with E-state index in [1.165, 1.54) is 6.07 Å². The number of rotatable bonds is 9. The van der Waals surface area contributed by atoms with Crippen molar-refractivity contribution in [3.05, 3.63) is 82.0 Å². The Hall–Kier alpha value is -4.14. The number of aromatic amines is 1. The van der Waals surface area contributed by atoms with Crippen molar-refractivity contribution in [1.29, 1.82) is 0 Å². The lowest BCUT2D eigenvalue weighted by Crippen LogP contribution is -2.27. The number of nitrogens with one attached hydrogen (secondary N) is 1. The molecule has 2 aromatic carbocycles. The topological polar surface area (TPSA) is 127 Å². The lowest BCUT2D eigenvalue weighted by atomic mass is 9.98. The molecule has 0 atom stereocenters. The molecule has 4 rings (SSSR count). The fraction of sp³-hybridized carbons (Fsp3) is 0.250. The number of H-pyrrole nitrogens is 1. The number of nitrogens with zero attached hydrogens (tertiary/aromatic N) is 5. The molecule has 4 aromatic rings. The van der Waals surface area contributed by atoms with Gasteiger partial charge in [0.2, 0.25) is 5.82 Å². The molecule has 168 valence electrons. The summed E-state index contributed by atoms with van der Waals surface area (Å²) < 4.78 is 1.63. The maximum Gasteiger partial charge on any atom is 0.309 e. The number of aromatic nitrogens is 6. The number of carboxylic acids is 1. The van der Waals surface area contributed by atoms with Crippen molar-refractivity contribution in [2.24, 2.45) is 0 Å². The van der Waals surface area contributed by atoms with Crippen LogP contribution in [-0.4, -0.2) is 41.3 Å². The molecule has 9 nitrogen and oxygen atoms in total. The van der Waals surface area contributed by atoms with E-state index in [1.54, 1.807) is 4.57 Å². The predicted molar refractivity (Wildman–Crippen MR) is 123 cm³/mol. The molecule has 0 aliphatic rings. The van der Waals surface area contributed by atoms with Crippen molar-refractivity contribution in [2.45, 2.75) is 39.2 Å². The minimum Gasteiger partial charge on any atom is -0.481 e. The van der Waals surface area contributed by atoms with Crippen LogP contribution in [0.15, 0.2) is 59.4 Å². The molecule has 0 unspecified atom stereocenters. The van der Waals surface area contributed by atoms with Gasteiger partial charge < -0.3 is 5.11 Å². The molecule has 0 aliphatic heterocycles. The molecule has 0 saturated heterocycles. The predicted octanol–water partition coefficient (Wildman–Crippen LogP) is 3.11. The number of benzene rings is 2. The number of unbranched alkanes of at least 4 members (excludes halogenated alkanes) is 1. The van der Waals surface area contributed by atoms with Crippen LogP contribution in [0.3, 0.4) is 0 Å². The van der Waals surface area contributed by atoms with E-state index in [2.05, 4.69) is 32.5 Å². The highest BCUT2D eigenvalue weighted by Gasteiger charge is 2.13. The molecular weight excluding hydrogens is 420 g/mol. The zero-order chi connectivity index (χ0) is 23.2. The van der Waals surface area contributed by atoms with E-state index in [4.69, 9.17) is 5.11 Å². The first-order valence-electron chi connectivity index (χ1n) is 10.8.